The molecule has 0 aromatic carbocycles. The number of aliphatic hydroxyl groups is 2. The first kappa shape index (κ1) is 12.9. The lowest BCUT2D eigenvalue weighted by Crippen LogP contribution is -2.28. The van der Waals surface area contributed by atoms with E-state index in [0.717, 1.165) is 25.8 Å². The number of hydrogen-bond acceptors (Lipinski definition) is 3. The lowest BCUT2D eigenvalue weighted by atomic mass is 10.1. The van der Waals surface area contributed by atoms with E-state index in [1.807, 2.05) is 0 Å². The lowest BCUT2D eigenvalue weighted by Gasteiger charge is -2.13. The second kappa shape index (κ2) is 8.48. The zero-order valence-electron chi connectivity index (χ0n) is 8.79. The van der Waals surface area contributed by atoms with Crippen LogP contribution in [0, 0.1) is 5.92 Å². The molecule has 13 heavy (non-hydrogen) atoms. The van der Waals surface area contributed by atoms with Crippen LogP contribution in [0.1, 0.15) is 33.1 Å². The summed E-state index contributed by atoms with van der Waals surface area (Å²) in [6.07, 6.45) is 2.44. The van der Waals surface area contributed by atoms with Gasteiger partial charge in [-0.3, -0.25) is 0 Å². The fraction of sp³-hybridized carbons (Fsp3) is 1.00. The Hall–Kier alpha value is -0.120. The Morgan fingerprint density at radius 1 is 1.23 bits per heavy atom. The summed E-state index contributed by atoms with van der Waals surface area (Å²) in [6, 6.07) is 0. The summed E-state index contributed by atoms with van der Waals surface area (Å²) in [5.41, 5.74) is 0. The van der Waals surface area contributed by atoms with Gasteiger partial charge in [-0.15, -0.1) is 0 Å². The topological polar surface area (TPSA) is 52.5 Å². The van der Waals surface area contributed by atoms with E-state index in [-0.39, 0.29) is 12.7 Å². The summed E-state index contributed by atoms with van der Waals surface area (Å²) in [6.45, 7) is 6.03. The van der Waals surface area contributed by atoms with Gasteiger partial charge in [-0.05, 0) is 31.7 Å². The molecular formula is C10H23NO2. The van der Waals surface area contributed by atoms with Crippen molar-refractivity contribution in [3.63, 3.8) is 0 Å². The van der Waals surface area contributed by atoms with E-state index in [1.54, 1.807) is 0 Å². The zero-order valence-corrected chi connectivity index (χ0v) is 8.79. The predicted octanol–water partition coefficient (Wildman–Crippen LogP) is 0.756. The van der Waals surface area contributed by atoms with Gasteiger partial charge in [0.15, 0.2) is 0 Å². The molecule has 3 nitrogen and oxygen atoms in total. The molecule has 0 aliphatic carbocycles. The highest BCUT2D eigenvalue weighted by molar-refractivity contribution is 4.61. The first-order chi connectivity index (χ1) is 6.16. The molecule has 0 bridgehead atoms. The molecule has 0 heterocycles. The number of aliphatic hydroxyl groups excluding tert-OH is 2. The average Bonchev–Trinajstić information content (AvgIpc) is 2.02. The predicted molar refractivity (Wildman–Crippen MR) is 54.7 cm³/mol. The lowest BCUT2D eigenvalue weighted by molar-refractivity contribution is 0.146. The van der Waals surface area contributed by atoms with E-state index in [1.165, 1.54) is 0 Å². The first-order valence-electron chi connectivity index (χ1n) is 5.16. The van der Waals surface area contributed by atoms with Gasteiger partial charge in [-0.25, -0.2) is 0 Å². The van der Waals surface area contributed by atoms with E-state index in [0.29, 0.717) is 12.5 Å². The maximum atomic E-state index is 9.46. The van der Waals surface area contributed by atoms with Crippen molar-refractivity contribution >= 4 is 0 Å². The summed E-state index contributed by atoms with van der Waals surface area (Å²) in [4.78, 5) is 0. The molecule has 0 radical (unpaired) electrons. The Bertz CT molecular complexity index is 107. The van der Waals surface area contributed by atoms with Gasteiger partial charge >= 0.3 is 0 Å². The summed E-state index contributed by atoms with van der Waals surface area (Å²) >= 11 is 0. The maximum absolute atomic E-state index is 9.46. The molecule has 0 rings (SSSR count). The van der Waals surface area contributed by atoms with Crippen molar-refractivity contribution in [1.29, 1.82) is 0 Å². The minimum Gasteiger partial charge on any atom is -0.396 e. The van der Waals surface area contributed by atoms with Crippen molar-refractivity contribution in [2.75, 3.05) is 19.7 Å². The standard InChI is InChI=1S/C10H23NO2/c1-9(2)7-10(13)8-11-5-3-4-6-12/h9-13H,3-8H2,1-2H3. The van der Waals surface area contributed by atoms with Gasteiger partial charge in [-0.1, -0.05) is 13.8 Å². The number of hydrogen-bond donors (Lipinski definition) is 3. The maximum Gasteiger partial charge on any atom is 0.0667 e. The van der Waals surface area contributed by atoms with Crippen LogP contribution in [0.15, 0.2) is 0 Å². The molecule has 0 fully saturated rings. The Morgan fingerprint density at radius 2 is 1.92 bits per heavy atom. The van der Waals surface area contributed by atoms with Crippen molar-refractivity contribution in [2.24, 2.45) is 5.92 Å². The van der Waals surface area contributed by atoms with Gasteiger partial charge in [0.2, 0.25) is 0 Å². The quantitative estimate of drug-likeness (QED) is 0.494. The Morgan fingerprint density at radius 3 is 2.46 bits per heavy atom. The smallest absolute Gasteiger partial charge is 0.0667 e. The fourth-order valence-corrected chi connectivity index (χ4v) is 1.26. The summed E-state index contributed by atoms with van der Waals surface area (Å²) in [5.74, 6) is 0.550. The highest BCUT2D eigenvalue weighted by Crippen LogP contribution is 2.03. The van der Waals surface area contributed by atoms with Crippen molar-refractivity contribution in [1.82, 2.24) is 5.32 Å². The molecule has 3 heteroatoms. The van der Waals surface area contributed by atoms with E-state index >= 15 is 0 Å². The second-order valence-corrected chi connectivity index (χ2v) is 3.92. The van der Waals surface area contributed by atoms with Gasteiger partial charge < -0.3 is 15.5 Å². The Labute approximate surface area is 81.2 Å². The summed E-state index contributed by atoms with van der Waals surface area (Å²) in [5, 5.41) is 21.1. The Kier molecular flexibility index (Phi) is 8.40. The molecule has 0 saturated heterocycles. The first-order valence-corrected chi connectivity index (χ1v) is 5.16. The molecule has 0 aromatic heterocycles. The third kappa shape index (κ3) is 9.80. The van der Waals surface area contributed by atoms with E-state index in [2.05, 4.69) is 19.2 Å². The van der Waals surface area contributed by atoms with Crippen LogP contribution < -0.4 is 5.32 Å². The largest absolute Gasteiger partial charge is 0.396 e. The van der Waals surface area contributed by atoms with Crippen LogP contribution in [0.4, 0.5) is 0 Å². The van der Waals surface area contributed by atoms with Crippen LogP contribution in [0.25, 0.3) is 0 Å². The molecule has 3 N–H and O–H groups in total. The van der Waals surface area contributed by atoms with Crippen molar-refractivity contribution in [3.05, 3.63) is 0 Å². The van der Waals surface area contributed by atoms with Gasteiger partial charge in [0.25, 0.3) is 0 Å². The molecule has 0 aliphatic rings. The molecule has 0 amide bonds. The van der Waals surface area contributed by atoms with E-state index in [9.17, 15) is 5.11 Å². The minimum atomic E-state index is -0.228. The zero-order chi connectivity index (χ0) is 10.1. The molecule has 80 valence electrons. The molecule has 0 aromatic rings. The van der Waals surface area contributed by atoms with E-state index in [4.69, 9.17) is 5.11 Å². The monoisotopic (exact) mass is 189 g/mol. The summed E-state index contributed by atoms with van der Waals surface area (Å²) < 4.78 is 0. The molecular weight excluding hydrogens is 166 g/mol. The third-order valence-electron chi connectivity index (χ3n) is 1.89. The van der Waals surface area contributed by atoms with Crippen molar-refractivity contribution in [3.8, 4) is 0 Å². The van der Waals surface area contributed by atoms with Crippen LogP contribution >= 0.6 is 0 Å². The average molecular weight is 189 g/mol. The van der Waals surface area contributed by atoms with Crippen LogP contribution in [-0.2, 0) is 0 Å². The van der Waals surface area contributed by atoms with Crippen molar-refractivity contribution in [2.45, 2.75) is 39.2 Å². The molecule has 1 unspecified atom stereocenters. The highest BCUT2D eigenvalue weighted by atomic mass is 16.3. The molecule has 1 atom stereocenters. The van der Waals surface area contributed by atoms with Crippen LogP contribution in [-0.4, -0.2) is 36.0 Å². The van der Waals surface area contributed by atoms with Gasteiger partial charge in [0.1, 0.15) is 0 Å². The number of unbranched alkanes of at least 4 members (excludes halogenated alkanes) is 1. The van der Waals surface area contributed by atoms with Gasteiger partial charge in [0, 0.05) is 13.2 Å². The SMILES string of the molecule is CC(C)CC(O)CNCCCCO. The van der Waals surface area contributed by atoms with Gasteiger partial charge in [0.05, 0.1) is 6.10 Å². The normalized spacial score (nSPS) is 13.6. The number of rotatable bonds is 8. The van der Waals surface area contributed by atoms with Gasteiger partial charge in [-0.2, -0.15) is 0 Å². The number of nitrogens with one attached hydrogen (secondary N) is 1. The van der Waals surface area contributed by atoms with Crippen molar-refractivity contribution < 1.29 is 10.2 Å². The van der Waals surface area contributed by atoms with Crippen LogP contribution in [0.5, 0.6) is 0 Å². The van der Waals surface area contributed by atoms with Crippen LogP contribution in [0.3, 0.4) is 0 Å². The Balaban J connectivity index is 3.12. The minimum absolute atomic E-state index is 0.228. The highest BCUT2D eigenvalue weighted by Gasteiger charge is 2.05. The fourth-order valence-electron chi connectivity index (χ4n) is 1.26. The molecule has 0 aliphatic heterocycles. The molecule has 0 spiro atoms. The summed E-state index contributed by atoms with van der Waals surface area (Å²) in [7, 11) is 0. The van der Waals surface area contributed by atoms with E-state index < -0.39 is 0 Å². The third-order valence-corrected chi connectivity index (χ3v) is 1.89. The van der Waals surface area contributed by atoms with Crippen LogP contribution in [0.2, 0.25) is 0 Å². The second-order valence-electron chi connectivity index (χ2n) is 3.92. The molecule has 0 saturated carbocycles.